The Kier molecular flexibility index (Phi) is 3.38. The van der Waals surface area contributed by atoms with Crippen molar-refractivity contribution in [2.45, 2.75) is 12.5 Å². The first kappa shape index (κ1) is 13.1. The van der Waals surface area contributed by atoms with Crippen molar-refractivity contribution < 1.29 is 8.42 Å². The molecule has 1 unspecified atom stereocenters. The minimum atomic E-state index is -2.87. The number of hydrogen-bond donors (Lipinski definition) is 0. The van der Waals surface area contributed by atoms with Crippen LogP contribution in [-0.2, 0) is 9.84 Å². The van der Waals surface area contributed by atoms with Crippen molar-refractivity contribution in [1.29, 1.82) is 0 Å². The normalized spacial score (nSPS) is 21.6. The van der Waals surface area contributed by atoms with Gasteiger partial charge in [0.05, 0.1) is 23.7 Å². The molecule has 0 bridgehead atoms. The van der Waals surface area contributed by atoms with Gasteiger partial charge in [-0.25, -0.2) is 8.42 Å². The zero-order valence-electron chi connectivity index (χ0n) is 10.2. The fourth-order valence-electron chi connectivity index (χ4n) is 2.34. The lowest BCUT2D eigenvalue weighted by Gasteiger charge is -2.07. The molecular weight excluding hydrogens is 375 g/mol. The molecule has 2 heterocycles. The van der Waals surface area contributed by atoms with Crippen LogP contribution in [0, 0.1) is 3.57 Å². The Balaban J connectivity index is 1.88. The first-order chi connectivity index (χ1) is 9.03. The van der Waals surface area contributed by atoms with Gasteiger partial charge in [-0.1, -0.05) is 12.1 Å². The predicted octanol–water partition coefficient (Wildman–Crippen LogP) is 2.51. The number of rotatable bonds is 2. The van der Waals surface area contributed by atoms with E-state index in [4.69, 9.17) is 0 Å². The number of benzene rings is 1. The standard InChI is InChI=1S/C13H13IN2O2S/c14-12-3-1-2-10(6-12)11-7-15-16(8-11)13-4-5-19(17,18)9-13/h1-3,6-8,13H,4-5,9H2. The summed E-state index contributed by atoms with van der Waals surface area (Å²) in [6.45, 7) is 0. The van der Waals surface area contributed by atoms with E-state index in [1.54, 1.807) is 10.9 Å². The van der Waals surface area contributed by atoms with Crippen LogP contribution in [0.25, 0.3) is 11.1 Å². The highest BCUT2D eigenvalue weighted by Gasteiger charge is 2.29. The average Bonchev–Trinajstić information content (AvgIpc) is 2.95. The van der Waals surface area contributed by atoms with E-state index < -0.39 is 9.84 Å². The second-order valence-electron chi connectivity index (χ2n) is 4.78. The first-order valence-electron chi connectivity index (χ1n) is 6.04. The van der Waals surface area contributed by atoms with Gasteiger partial charge in [0.15, 0.2) is 9.84 Å². The smallest absolute Gasteiger partial charge is 0.152 e. The molecule has 0 spiro atoms. The van der Waals surface area contributed by atoms with E-state index in [-0.39, 0.29) is 17.5 Å². The van der Waals surface area contributed by atoms with Gasteiger partial charge in [0.1, 0.15) is 0 Å². The second-order valence-corrected chi connectivity index (χ2v) is 8.25. The van der Waals surface area contributed by atoms with Gasteiger partial charge in [-0.3, -0.25) is 4.68 Å². The molecule has 0 aliphatic carbocycles. The Morgan fingerprint density at radius 3 is 2.84 bits per heavy atom. The van der Waals surface area contributed by atoms with Crippen LogP contribution in [0.5, 0.6) is 0 Å². The Morgan fingerprint density at radius 1 is 1.32 bits per heavy atom. The quantitative estimate of drug-likeness (QED) is 0.743. The molecule has 0 amide bonds. The minimum Gasteiger partial charge on any atom is -0.268 e. The molecule has 4 nitrogen and oxygen atoms in total. The minimum absolute atomic E-state index is 0.0125. The van der Waals surface area contributed by atoms with Crippen LogP contribution >= 0.6 is 22.6 Å². The van der Waals surface area contributed by atoms with E-state index >= 15 is 0 Å². The summed E-state index contributed by atoms with van der Waals surface area (Å²) in [6.07, 6.45) is 4.41. The van der Waals surface area contributed by atoms with E-state index in [2.05, 4.69) is 33.8 Å². The van der Waals surface area contributed by atoms with Crippen molar-refractivity contribution in [2.24, 2.45) is 0 Å². The van der Waals surface area contributed by atoms with Crippen LogP contribution in [0.2, 0.25) is 0 Å². The van der Waals surface area contributed by atoms with E-state index in [9.17, 15) is 8.42 Å². The average molecular weight is 388 g/mol. The molecule has 1 aliphatic heterocycles. The summed E-state index contributed by atoms with van der Waals surface area (Å²) in [5.74, 6) is 0.483. The van der Waals surface area contributed by atoms with Gasteiger partial charge >= 0.3 is 0 Å². The summed E-state index contributed by atoms with van der Waals surface area (Å²) < 4.78 is 26.0. The molecule has 19 heavy (non-hydrogen) atoms. The molecular formula is C13H13IN2O2S. The summed E-state index contributed by atoms with van der Waals surface area (Å²) >= 11 is 2.28. The van der Waals surface area contributed by atoms with E-state index in [0.29, 0.717) is 6.42 Å². The highest BCUT2D eigenvalue weighted by molar-refractivity contribution is 14.1. The number of nitrogens with zero attached hydrogens (tertiary/aromatic N) is 2. The third-order valence-electron chi connectivity index (χ3n) is 3.34. The lowest BCUT2D eigenvalue weighted by molar-refractivity contribution is 0.500. The van der Waals surface area contributed by atoms with Crippen LogP contribution < -0.4 is 0 Å². The van der Waals surface area contributed by atoms with Gasteiger partial charge in [-0.05, 0) is 46.7 Å². The summed E-state index contributed by atoms with van der Waals surface area (Å²) in [6, 6.07) is 8.16. The Bertz CT molecular complexity index is 709. The topological polar surface area (TPSA) is 52.0 Å². The molecule has 1 aromatic carbocycles. The molecule has 1 saturated heterocycles. The molecule has 6 heteroatoms. The summed E-state index contributed by atoms with van der Waals surface area (Å²) in [4.78, 5) is 0. The highest BCUT2D eigenvalue weighted by Crippen LogP contribution is 2.26. The van der Waals surface area contributed by atoms with E-state index in [0.717, 1.165) is 11.1 Å². The van der Waals surface area contributed by atoms with Crippen LogP contribution in [-0.4, -0.2) is 29.7 Å². The largest absolute Gasteiger partial charge is 0.268 e. The lowest BCUT2D eigenvalue weighted by Crippen LogP contribution is -2.11. The number of sulfone groups is 1. The Labute approximate surface area is 125 Å². The molecule has 0 saturated carbocycles. The molecule has 0 N–H and O–H groups in total. The lowest BCUT2D eigenvalue weighted by atomic mass is 10.1. The van der Waals surface area contributed by atoms with Gasteiger partial charge < -0.3 is 0 Å². The summed E-state index contributed by atoms with van der Waals surface area (Å²) in [7, 11) is -2.87. The van der Waals surface area contributed by atoms with Crippen molar-refractivity contribution in [2.75, 3.05) is 11.5 Å². The summed E-state index contributed by atoms with van der Waals surface area (Å²) in [5, 5.41) is 4.32. The third-order valence-corrected chi connectivity index (χ3v) is 5.76. The molecule has 100 valence electrons. The molecule has 3 rings (SSSR count). The van der Waals surface area contributed by atoms with Crippen molar-refractivity contribution in [1.82, 2.24) is 9.78 Å². The van der Waals surface area contributed by atoms with Gasteiger partial charge in [0.2, 0.25) is 0 Å². The van der Waals surface area contributed by atoms with Crippen molar-refractivity contribution in [3.63, 3.8) is 0 Å². The Morgan fingerprint density at radius 2 is 2.16 bits per heavy atom. The van der Waals surface area contributed by atoms with Crippen LogP contribution in [0.4, 0.5) is 0 Å². The third kappa shape index (κ3) is 2.84. The number of hydrogen-bond acceptors (Lipinski definition) is 3. The maximum atomic E-state index is 11.5. The fraction of sp³-hybridized carbons (Fsp3) is 0.308. The monoisotopic (exact) mass is 388 g/mol. The van der Waals surface area contributed by atoms with Crippen LogP contribution in [0.3, 0.4) is 0 Å². The van der Waals surface area contributed by atoms with E-state index in [1.807, 2.05) is 24.4 Å². The highest BCUT2D eigenvalue weighted by atomic mass is 127. The molecule has 1 aromatic heterocycles. The molecule has 1 aliphatic rings. The molecule has 2 aromatic rings. The molecule has 1 atom stereocenters. The maximum Gasteiger partial charge on any atom is 0.152 e. The van der Waals surface area contributed by atoms with Crippen molar-refractivity contribution in [3.8, 4) is 11.1 Å². The number of aromatic nitrogens is 2. The first-order valence-corrected chi connectivity index (χ1v) is 8.94. The van der Waals surface area contributed by atoms with Gasteiger partial charge in [-0.2, -0.15) is 5.10 Å². The SMILES string of the molecule is O=S1(=O)CCC(n2cc(-c3cccc(I)c3)cn2)C1. The molecule has 0 radical (unpaired) electrons. The van der Waals surface area contributed by atoms with Crippen LogP contribution in [0.1, 0.15) is 12.5 Å². The fourth-order valence-corrected chi connectivity index (χ4v) is 4.59. The second kappa shape index (κ2) is 4.90. The predicted molar refractivity (Wildman–Crippen MR) is 82.7 cm³/mol. The van der Waals surface area contributed by atoms with Gasteiger partial charge in [0.25, 0.3) is 0 Å². The van der Waals surface area contributed by atoms with Crippen molar-refractivity contribution >= 4 is 32.4 Å². The molecule has 1 fully saturated rings. The van der Waals surface area contributed by atoms with Gasteiger partial charge in [-0.15, -0.1) is 0 Å². The van der Waals surface area contributed by atoms with Gasteiger partial charge in [0, 0.05) is 15.3 Å². The van der Waals surface area contributed by atoms with Crippen LogP contribution in [0.15, 0.2) is 36.7 Å². The number of halogens is 1. The summed E-state index contributed by atoms with van der Waals surface area (Å²) in [5.41, 5.74) is 2.14. The van der Waals surface area contributed by atoms with E-state index in [1.165, 1.54) is 3.57 Å². The van der Waals surface area contributed by atoms with Crippen molar-refractivity contribution in [3.05, 3.63) is 40.2 Å². The zero-order chi connectivity index (χ0) is 13.5. The Hall–Kier alpha value is -0.890. The zero-order valence-corrected chi connectivity index (χ0v) is 13.1. The maximum absolute atomic E-state index is 11.5.